The summed E-state index contributed by atoms with van der Waals surface area (Å²) in [5.41, 5.74) is 0.671. The van der Waals surface area contributed by atoms with Crippen LogP contribution in [0.3, 0.4) is 0 Å². The molecule has 0 saturated heterocycles. The zero-order valence-electron chi connectivity index (χ0n) is 14.6. The maximum Gasteiger partial charge on any atom is 0.341 e. The van der Waals surface area contributed by atoms with Crippen molar-refractivity contribution in [2.75, 3.05) is 13.2 Å². The fraction of sp³-hybridized carbons (Fsp3) is 0.600. The quantitative estimate of drug-likeness (QED) is 0.599. The van der Waals surface area contributed by atoms with Crippen molar-refractivity contribution in [3.05, 3.63) is 17.0 Å². The van der Waals surface area contributed by atoms with Gasteiger partial charge < -0.3 is 15.0 Å². The number of amides is 1. The van der Waals surface area contributed by atoms with Crippen LogP contribution in [0.25, 0.3) is 0 Å². The Labute approximate surface area is 142 Å². The van der Waals surface area contributed by atoms with Gasteiger partial charge in [0.2, 0.25) is 15.9 Å². The number of sulfonamides is 1. The molecule has 136 valence electrons. The van der Waals surface area contributed by atoms with Crippen LogP contribution in [0.15, 0.2) is 4.90 Å². The first-order chi connectivity index (χ1) is 11.1. The lowest BCUT2D eigenvalue weighted by atomic mass is 10.2. The molecule has 0 aromatic carbocycles. The fourth-order valence-electron chi connectivity index (χ4n) is 2.20. The third-order valence-electron chi connectivity index (χ3n) is 3.51. The molecule has 0 aliphatic heterocycles. The third-order valence-corrected chi connectivity index (χ3v) is 5.08. The molecule has 1 aromatic rings. The second-order valence-corrected chi connectivity index (χ2v) is 7.20. The van der Waals surface area contributed by atoms with Crippen molar-refractivity contribution in [3.8, 4) is 0 Å². The number of aryl methyl sites for hydroxylation is 2. The number of carbonyl (C=O) groups is 2. The van der Waals surface area contributed by atoms with Gasteiger partial charge in [-0.1, -0.05) is 6.92 Å². The summed E-state index contributed by atoms with van der Waals surface area (Å²) < 4.78 is 32.2. The van der Waals surface area contributed by atoms with Crippen molar-refractivity contribution in [1.82, 2.24) is 15.0 Å². The van der Waals surface area contributed by atoms with Gasteiger partial charge in [-0.3, -0.25) is 4.79 Å². The van der Waals surface area contributed by atoms with E-state index in [4.69, 9.17) is 4.74 Å². The second kappa shape index (κ2) is 8.29. The maximum atomic E-state index is 12.5. The van der Waals surface area contributed by atoms with E-state index in [1.54, 1.807) is 20.8 Å². The molecule has 0 aliphatic rings. The van der Waals surface area contributed by atoms with Crippen LogP contribution in [0.1, 0.15) is 48.9 Å². The van der Waals surface area contributed by atoms with Crippen molar-refractivity contribution in [2.45, 2.75) is 52.0 Å². The zero-order valence-corrected chi connectivity index (χ0v) is 15.5. The molecule has 8 nitrogen and oxygen atoms in total. The summed E-state index contributed by atoms with van der Waals surface area (Å²) in [4.78, 5) is 26.5. The lowest BCUT2D eigenvalue weighted by molar-refractivity contribution is -0.120. The number of hydrogen-bond donors (Lipinski definition) is 3. The molecule has 3 N–H and O–H groups in total. The molecule has 1 rings (SSSR count). The van der Waals surface area contributed by atoms with Gasteiger partial charge in [0.05, 0.1) is 13.2 Å². The summed E-state index contributed by atoms with van der Waals surface area (Å²) in [6, 6.07) is -0.0478. The van der Waals surface area contributed by atoms with E-state index in [-0.39, 0.29) is 23.1 Å². The van der Waals surface area contributed by atoms with Gasteiger partial charge in [0.25, 0.3) is 0 Å². The van der Waals surface area contributed by atoms with Crippen molar-refractivity contribution in [3.63, 3.8) is 0 Å². The molecular formula is C15H25N3O5S. The van der Waals surface area contributed by atoms with Crippen molar-refractivity contribution in [1.29, 1.82) is 0 Å². The Balaban J connectivity index is 3.03. The summed E-state index contributed by atoms with van der Waals surface area (Å²) in [6.07, 6.45) is 0.738. The Hall–Kier alpha value is -1.87. The highest BCUT2D eigenvalue weighted by molar-refractivity contribution is 7.89. The number of rotatable bonds is 8. The van der Waals surface area contributed by atoms with Gasteiger partial charge >= 0.3 is 5.97 Å². The normalized spacial score (nSPS) is 12.7. The highest BCUT2D eigenvalue weighted by atomic mass is 32.2. The minimum absolute atomic E-state index is 0.0378. The van der Waals surface area contributed by atoms with Gasteiger partial charge in [0.15, 0.2) is 0 Å². The Bertz CT molecular complexity index is 709. The monoisotopic (exact) mass is 359 g/mol. The maximum absolute atomic E-state index is 12.5. The Morgan fingerprint density at radius 3 is 2.38 bits per heavy atom. The number of aromatic nitrogens is 1. The third kappa shape index (κ3) is 4.81. The molecule has 0 aliphatic carbocycles. The molecule has 1 aromatic heterocycles. The van der Waals surface area contributed by atoms with Crippen LogP contribution in [-0.4, -0.2) is 44.5 Å². The molecule has 0 spiro atoms. The van der Waals surface area contributed by atoms with Crippen molar-refractivity contribution in [2.24, 2.45) is 0 Å². The number of aromatic amines is 1. The summed E-state index contributed by atoms with van der Waals surface area (Å²) >= 11 is 0. The Morgan fingerprint density at radius 1 is 1.21 bits per heavy atom. The molecule has 0 bridgehead atoms. The predicted octanol–water partition coefficient (Wildman–Crippen LogP) is 1.00. The summed E-state index contributed by atoms with van der Waals surface area (Å²) in [5.74, 6) is -1.15. The Morgan fingerprint density at radius 2 is 1.83 bits per heavy atom. The summed E-state index contributed by atoms with van der Waals surface area (Å²) in [7, 11) is -4.04. The van der Waals surface area contributed by atoms with Crippen LogP contribution in [0.5, 0.6) is 0 Å². The molecule has 0 radical (unpaired) electrons. The lowest BCUT2D eigenvalue weighted by Gasteiger charge is -2.12. The van der Waals surface area contributed by atoms with Gasteiger partial charge in [-0.05, 0) is 34.1 Å². The number of ether oxygens (including phenoxy) is 1. The molecule has 1 heterocycles. The van der Waals surface area contributed by atoms with Crippen LogP contribution < -0.4 is 10.0 Å². The van der Waals surface area contributed by atoms with Crippen LogP contribution in [0.2, 0.25) is 0 Å². The van der Waals surface area contributed by atoms with Crippen LogP contribution >= 0.6 is 0 Å². The molecule has 1 atom stereocenters. The minimum Gasteiger partial charge on any atom is -0.462 e. The number of esters is 1. The van der Waals surface area contributed by atoms with E-state index in [1.165, 1.54) is 0 Å². The topological polar surface area (TPSA) is 117 Å². The SMILES string of the molecule is CCOC(=O)c1c(C)[nH]c(C)c1S(=O)(=O)NCC(=O)NC(C)CC. The van der Waals surface area contributed by atoms with E-state index in [1.807, 2.05) is 13.8 Å². The van der Waals surface area contributed by atoms with Crippen molar-refractivity contribution < 1.29 is 22.7 Å². The molecule has 0 fully saturated rings. The largest absolute Gasteiger partial charge is 0.462 e. The number of H-pyrrole nitrogens is 1. The molecule has 0 saturated carbocycles. The van der Waals surface area contributed by atoms with E-state index in [0.29, 0.717) is 11.4 Å². The summed E-state index contributed by atoms with van der Waals surface area (Å²) in [5, 5.41) is 2.67. The van der Waals surface area contributed by atoms with Crippen LogP contribution in [-0.2, 0) is 19.6 Å². The van der Waals surface area contributed by atoms with E-state index in [2.05, 4.69) is 15.0 Å². The van der Waals surface area contributed by atoms with Crippen molar-refractivity contribution >= 4 is 21.9 Å². The highest BCUT2D eigenvalue weighted by Crippen LogP contribution is 2.24. The van der Waals surface area contributed by atoms with Crippen LogP contribution in [0.4, 0.5) is 0 Å². The van der Waals surface area contributed by atoms with Gasteiger partial charge in [-0.25, -0.2) is 17.9 Å². The van der Waals surface area contributed by atoms with Gasteiger partial charge in [-0.2, -0.15) is 0 Å². The minimum atomic E-state index is -4.04. The standard InChI is InChI=1S/C15H25N3O5S/c1-6-9(3)17-12(19)8-16-24(21,22)14-11(5)18-10(4)13(14)15(20)23-7-2/h9,16,18H,6-8H2,1-5H3,(H,17,19). The molecular weight excluding hydrogens is 334 g/mol. The predicted molar refractivity (Wildman–Crippen MR) is 89.3 cm³/mol. The number of carbonyl (C=O) groups excluding carboxylic acids is 2. The Kier molecular flexibility index (Phi) is 6.97. The zero-order chi connectivity index (χ0) is 18.5. The van der Waals surface area contributed by atoms with E-state index in [0.717, 1.165) is 6.42 Å². The number of hydrogen-bond acceptors (Lipinski definition) is 5. The first-order valence-electron chi connectivity index (χ1n) is 7.79. The first kappa shape index (κ1) is 20.2. The molecule has 1 amide bonds. The fourth-order valence-corrected chi connectivity index (χ4v) is 3.63. The highest BCUT2D eigenvalue weighted by Gasteiger charge is 2.30. The lowest BCUT2D eigenvalue weighted by Crippen LogP contribution is -2.40. The number of nitrogens with one attached hydrogen (secondary N) is 3. The summed E-state index contributed by atoms with van der Waals surface area (Å²) in [6.45, 7) is 8.23. The smallest absolute Gasteiger partial charge is 0.341 e. The molecule has 24 heavy (non-hydrogen) atoms. The van der Waals surface area contributed by atoms with Gasteiger partial charge in [-0.15, -0.1) is 0 Å². The van der Waals surface area contributed by atoms with Gasteiger partial charge in [0.1, 0.15) is 10.5 Å². The average molecular weight is 359 g/mol. The van der Waals surface area contributed by atoms with E-state index in [9.17, 15) is 18.0 Å². The molecule has 9 heteroatoms. The van der Waals surface area contributed by atoms with Gasteiger partial charge in [0, 0.05) is 17.4 Å². The van der Waals surface area contributed by atoms with E-state index >= 15 is 0 Å². The van der Waals surface area contributed by atoms with Crippen LogP contribution in [0, 0.1) is 13.8 Å². The van der Waals surface area contributed by atoms with E-state index < -0.39 is 28.4 Å². The second-order valence-electron chi connectivity index (χ2n) is 5.50. The first-order valence-corrected chi connectivity index (χ1v) is 9.27. The average Bonchev–Trinajstić information content (AvgIpc) is 2.80. The molecule has 1 unspecified atom stereocenters.